The molecular weight excluding hydrogens is 521 g/mol. The Hall–Kier alpha value is -0.700. The smallest absolute Gasteiger partial charge is 0.508 e. The summed E-state index contributed by atoms with van der Waals surface area (Å²) in [6.45, 7) is 4.73. The summed E-state index contributed by atoms with van der Waals surface area (Å²) in [5.74, 6) is 0. The van der Waals surface area contributed by atoms with Crippen LogP contribution < -0.4 is 4.89 Å². The summed E-state index contributed by atoms with van der Waals surface area (Å²) in [4.78, 5) is 23.8. The predicted molar refractivity (Wildman–Crippen MR) is 155 cm³/mol. The number of unbranched alkanes of at least 4 members (excludes halogenated alkanes) is 15. The molecule has 2 unspecified atom stereocenters. The minimum atomic E-state index is -4.52. The van der Waals surface area contributed by atoms with Gasteiger partial charge in [-0.1, -0.05) is 103 Å². The minimum absolute atomic E-state index is 0.00341. The van der Waals surface area contributed by atoms with Crippen molar-refractivity contribution in [1.82, 2.24) is 0 Å². The molecule has 0 saturated carbocycles. The number of rotatable bonds is 28. The van der Waals surface area contributed by atoms with Crippen molar-refractivity contribution in [2.24, 2.45) is 0 Å². The number of hydrogen-bond donors (Lipinski definition) is 0. The van der Waals surface area contributed by atoms with Crippen molar-refractivity contribution < 1.29 is 42.0 Å². The molecule has 0 aromatic rings. The van der Waals surface area contributed by atoms with Crippen LogP contribution in [0.5, 0.6) is 0 Å². The number of phosphoric acid groups is 1. The first-order valence-corrected chi connectivity index (χ1v) is 16.9. The van der Waals surface area contributed by atoms with Gasteiger partial charge in [0.1, 0.15) is 13.2 Å². The lowest BCUT2D eigenvalue weighted by Crippen LogP contribution is -2.37. The van der Waals surface area contributed by atoms with Crippen molar-refractivity contribution in [2.45, 2.75) is 123 Å². The number of nitrogens with zero attached hydrogens (tertiary/aromatic N) is 1. The van der Waals surface area contributed by atoms with Crippen molar-refractivity contribution in [3.05, 3.63) is 0 Å². The van der Waals surface area contributed by atoms with E-state index in [0.29, 0.717) is 17.6 Å². The quantitative estimate of drug-likeness (QED) is 0.0420. The van der Waals surface area contributed by atoms with Crippen LogP contribution in [0.3, 0.4) is 0 Å². The molecular formula is C29H60NO8P. The van der Waals surface area contributed by atoms with Gasteiger partial charge in [-0.05, 0) is 13.3 Å². The Morgan fingerprint density at radius 2 is 1.21 bits per heavy atom. The molecule has 0 amide bonds. The van der Waals surface area contributed by atoms with Crippen LogP contribution in [0.4, 0.5) is 4.79 Å². The van der Waals surface area contributed by atoms with Crippen molar-refractivity contribution in [3.8, 4) is 0 Å². The number of phosphoric ester groups is 1. The lowest BCUT2D eigenvalue weighted by molar-refractivity contribution is -0.870. The van der Waals surface area contributed by atoms with Crippen LogP contribution in [0.2, 0.25) is 0 Å². The van der Waals surface area contributed by atoms with Gasteiger partial charge in [0, 0.05) is 6.61 Å². The molecule has 0 N–H and O–H groups in total. The van der Waals surface area contributed by atoms with E-state index in [0.717, 1.165) is 12.8 Å². The summed E-state index contributed by atoms with van der Waals surface area (Å²) in [5.41, 5.74) is 0. The van der Waals surface area contributed by atoms with Crippen LogP contribution in [0.1, 0.15) is 117 Å². The molecule has 234 valence electrons. The predicted octanol–water partition coefficient (Wildman–Crippen LogP) is 7.01. The number of carbonyl (C=O) groups excluding carboxylic acids is 1. The molecule has 10 heteroatoms. The van der Waals surface area contributed by atoms with Crippen LogP contribution in [0, 0.1) is 0 Å². The van der Waals surface area contributed by atoms with Crippen molar-refractivity contribution in [3.63, 3.8) is 0 Å². The fraction of sp³-hybridized carbons (Fsp3) is 0.966. The first-order chi connectivity index (χ1) is 18.6. The highest BCUT2D eigenvalue weighted by atomic mass is 31.2. The summed E-state index contributed by atoms with van der Waals surface area (Å²) in [7, 11) is 1.27. The second kappa shape index (κ2) is 25.0. The zero-order chi connectivity index (χ0) is 29.2. The molecule has 0 aliphatic heterocycles. The van der Waals surface area contributed by atoms with Gasteiger partial charge >= 0.3 is 6.16 Å². The van der Waals surface area contributed by atoms with Gasteiger partial charge in [0.15, 0.2) is 6.10 Å². The number of carbonyl (C=O) groups is 1. The van der Waals surface area contributed by atoms with Crippen LogP contribution in [0.15, 0.2) is 0 Å². The summed E-state index contributed by atoms with van der Waals surface area (Å²) in [6.07, 6.45) is 19.0. The highest BCUT2D eigenvalue weighted by Crippen LogP contribution is 2.38. The SMILES string of the molecule is CCCCCCCCCCCCCCCCCCOCC(COP(=O)([O-])OCC[N+](C)(C)C)OC(=O)OCC. The summed E-state index contributed by atoms with van der Waals surface area (Å²) in [5, 5.41) is 0. The average molecular weight is 582 g/mol. The van der Waals surface area contributed by atoms with Crippen LogP contribution >= 0.6 is 7.82 Å². The highest BCUT2D eigenvalue weighted by molar-refractivity contribution is 7.45. The van der Waals surface area contributed by atoms with Gasteiger partial charge in [-0.3, -0.25) is 4.57 Å². The van der Waals surface area contributed by atoms with E-state index < -0.39 is 20.1 Å². The lowest BCUT2D eigenvalue weighted by Gasteiger charge is -2.28. The normalized spacial score (nSPS) is 14.2. The minimum Gasteiger partial charge on any atom is -0.756 e. The number of hydrogen-bond acceptors (Lipinski definition) is 8. The maximum Gasteiger partial charge on any atom is 0.508 e. The number of likely N-dealkylation sites (N-methyl/N-ethyl adjacent to an activating group) is 1. The lowest BCUT2D eigenvalue weighted by atomic mass is 10.0. The van der Waals surface area contributed by atoms with E-state index >= 15 is 0 Å². The van der Waals surface area contributed by atoms with Crippen LogP contribution in [-0.4, -0.2) is 77.5 Å². The van der Waals surface area contributed by atoms with Crippen LogP contribution in [-0.2, 0) is 27.8 Å². The molecule has 0 radical (unpaired) electrons. The first kappa shape index (κ1) is 38.3. The Morgan fingerprint density at radius 3 is 1.67 bits per heavy atom. The average Bonchev–Trinajstić information content (AvgIpc) is 2.85. The molecule has 0 rings (SSSR count). The van der Waals surface area contributed by atoms with E-state index in [9.17, 15) is 14.3 Å². The Labute approximate surface area is 239 Å². The zero-order valence-corrected chi connectivity index (χ0v) is 26.7. The Bertz CT molecular complexity index is 615. The van der Waals surface area contributed by atoms with Gasteiger partial charge in [0.25, 0.3) is 7.82 Å². The molecule has 0 aromatic heterocycles. The maximum absolute atomic E-state index is 12.0. The molecule has 0 heterocycles. The Morgan fingerprint density at radius 1 is 0.718 bits per heavy atom. The van der Waals surface area contributed by atoms with E-state index in [1.54, 1.807) is 6.92 Å². The van der Waals surface area contributed by atoms with E-state index in [1.165, 1.54) is 89.9 Å². The fourth-order valence-corrected chi connectivity index (χ4v) is 4.74. The first-order valence-electron chi connectivity index (χ1n) is 15.4. The monoisotopic (exact) mass is 581 g/mol. The van der Waals surface area contributed by atoms with E-state index in [-0.39, 0.29) is 26.4 Å². The third kappa shape index (κ3) is 28.6. The molecule has 0 aliphatic carbocycles. The van der Waals surface area contributed by atoms with Gasteiger partial charge in [-0.25, -0.2) is 4.79 Å². The highest BCUT2D eigenvalue weighted by Gasteiger charge is 2.20. The molecule has 0 spiro atoms. The van der Waals surface area contributed by atoms with Gasteiger partial charge < -0.3 is 32.6 Å². The molecule has 0 aromatic carbocycles. The van der Waals surface area contributed by atoms with Gasteiger partial charge in [-0.15, -0.1) is 0 Å². The molecule has 0 fully saturated rings. The Balaban J connectivity index is 3.89. The Kier molecular flexibility index (Phi) is 24.6. The third-order valence-corrected chi connectivity index (χ3v) is 7.37. The van der Waals surface area contributed by atoms with Gasteiger partial charge in [0.05, 0.1) is 41.0 Å². The summed E-state index contributed by atoms with van der Waals surface area (Å²) < 4.78 is 38.0. The number of quaternary nitrogens is 1. The van der Waals surface area contributed by atoms with E-state index in [4.69, 9.17) is 23.3 Å². The molecule has 9 nitrogen and oxygen atoms in total. The van der Waals surface area contributed by atoms with Crippen LogP contribution in [0.25, 0.3) is 0 Å². The van der Waals surface area contributed by atoms with Crippen molar-refractivity contribution in [2.75, 3.05) is 60.7 Å². The standard InChI is InChI=1S/C29H60NO8P/c1-6-8-9-10-11-12-13-14-15-16-17-18-19-20-21-22-24-34-26-28(38-29(31)35-7-2)27-37-39(32,33)36-25-23-30(3,4)5/h28H,6-27H2,1-5H3. The fourth-order valence-electron chi connectivity index (χ4n) is 4.01. The summed E-state index contributed by atoms with van der Waals surface area (Å²) in [6, 6.07) is 0. The largest absolute Gasteiger partial charge is 0.756 e. The molecule has 2 atom stereocenters. The second-order valence-corrected chi connectivity index (χ2v) is 12.8. The molecule has 0 saturated heterocycles. The molecule has 39 heavy (non-hydrogen) atoms. The van der Waals surface area contributed by atoms with Gasteiger partial charge in [-0.2, -0.15) is 0 Å². The topological polar surface area (TPSA) is 103 Å². The van der Waals surface area contributed by atoms with Crippen molar-refractivity contribution in [1.29, 1.82) is 0 Å². The number of ether oxygens (including phenoxy) is 3. The van der Waals surface area contributed by atoms with E-state index in [2.05, 4.69) is 6.92 Å². The van der Waals surface area contributed by atoms with Gasteiger partial charge in [0.2, 0.25) is 0 Å². The third-order valence-electron chi connectivity index (χ3n) is 6.40. The van der Waals surface area contributed by atoms with E-state index in [1.807, 2.05) is 21.1 Å². The molecule has 0 aliphatic rings. The maximum atomic E-state index is 12.0. The van der Waals surface area contributed by atoms with Crippen molar-refractivity contribution >= 4 is 14.0 Å². The second-order valence-electron chi connectivity index (χ2n) is 11.4. The summed E-state index contributed by atoms with van der Waals surface area (Å²) >= 11 is 0. The molecule has 0 bridgehead atoms. The zero-order valence-electron chi connectivity index (χ0n) is 25.8.